The molecule has 6 nitrogen and oxygen atoms in total. The molecule has 1 saturated heterocycles. The topological polar surface area (TPSA) is 71.8 Å². The molecule has 0 aromatic carbocycles. The number of nitrogens with one attached hydrogen (secondary N) is 2. The number of hydrogen-bond acceptors (Lipinski definition) is 4. The minimum atomic E-state index is 0. The molecule has 1 spiro atoms. The summed E-state index contributed by atoms with van der Waals surface area (Å²) in [5.41, 5.74) is 1.31. The maximum absolute atomic E-state index is 12.4. The van der Waals surface area contributed by atoms with Gasteiger partial charge in [-0.25, -0.2) is 9.97 Å². The number of pyridine rings is 1. The van der Waals surface area contributed by atoms with Crippen molar-refractivity contribution in [2.75, 3.05) is 13.1 Å². The minimum Gasteiger partial charge on any atom is -0.352 e. The molecule has 2 N–H and O–H groups in total. The fraction of sp³-hybridized carbons (Fsp3) is 0.500. The molecule has 3 heterocycles. The molecule has 1 aliphatic heterocycles. The molecule has 142 valence electrons. The van der Waals surface area contributed by atoms with Gasteiger partial charge in [0, 0.05) is 31.1 Å². The van der Waals surface area contributed by atoms with Crippen molar-refractivity contribution < 1.29 is 4.79 Å². The fourth-order valence-corrected chi connectivity index (χ4v) is 3.79. The monoisotopic (exact) mass is 397 g/mol. The lowest BCUT2D eigenvalue weighted by Crippen LogP contribution is -2.33. The van der Waals surface area contributed by atoms with Crippen molar-refractivity contribution in [1.82, 2.24) is 25.2 Å². The molecule has 2 aromatic heterocycles. The van der Waals surface area contributed by atoms with Gasteiger partial charge < -0.3 is 10.6 Å². The summed E-state index contributed by atoms with van der Waals surface area (Å²) in [4.78, 5) is 21.1. The van der Waals surface area contributed by atoms with Gasteiger partial charge in [0.1, 0.15) is 11.6 Å². The molecule has 1 aliphatic carbocycles. The predicted molar refractivity (Wildman–Crippen MR) is 105 cm³/mol. The Morgan fingerprint density at radius 1 is 1.31 bits per heavy atom. The van der Waals surface area contributed by atoms with E-state index in [1.54, 1.807) is 6.20 Å². The number of carbonyl (C=O) groups is 1. The first-order valence-electron chi connectivity index (χ1n) is 8.62. The Morgan fingerprint density at radius 2 is 2.08 bits per heavy atom. The maximum atomic E-state index is 12.4. The van der Waals surface area contributed by atoms with Crippen LogP contribution in [0, 0.1) is 18.3 Å². The van der Waals surface area contributed by atoms with Gasteiger partial charge in [0.15, 0.2) is 0 Å². The first kappa shape index (κ1) is 20.7. The van der Waals surface area contributed by atoms with Crippen molar-refractivity contribution >= 4 is 30.7 Å². The molecule has 1 amide bonds. The molecule has 1 atom stereocenters. The first-order valence-corrected chi connectivity index (χ1v) is 8.62. The maximum Gasteiger partial charge on any atom is 0.223 e. The number of amides is 1. The van der Waals surface area contributed by atoms with Crippen LogP contribution in [0.3, 0.4) is 0 Å². The van der Waals surface area contributed by atoms with Crippen LogP contribution in [0.1, 0.15) is 30.7 Å². The van der Waals surface area contributed by atoms with Crippen LogP contribution in [0.2, 0.25) is 0 Å². The van der Waals surface area contributed by atoms with E-state index in [9.17, 15) is 4.79 Å². The number of hydrogen-bond donors (Lipinski definition) is 2. The molecule has 2 fully saturated rings. The smallest absolute Gasteiger partial charge is 0.223 e. The number of aromatic nitrogens is 3. The lowest BCUT2D eigenvalue weighted by Gasteiger charge is -2.23. The van der Waals surface area contributed by atoms with E-state index < -0.39 is 0 Å². The molecular weight excluding hydrogens is 373 g/mol. The van der Waals surface area contributed by atoms with Gasteiger partial charge in [0.2, 0.25) is 5.91 Å². The van der Waals surface area contributed by atoms with Crippen molar-refractivity contribution in [1.29, 1.82) is 0 Å². The summed E-state index contributed by atoms with van der Waals surface area (Å²) < 4.78 is 1.94. The highest BCUT2D eigenvalue weighted by atomic mass is 35.5. The van der Waals surface area contributed by atoms with Crippen LogP contribution in [0.25, 0.3) is 5.82 Å². The zero-order chi connectivity index (χ0) is 16.6. The second-order valence-corrected chi connectivity index (χ2v) is 6.96. The number of aryl methyl sites for hydroxylation is 1. The van der Waals surface area contributed by atoms with Crippen LogP contribution in [0.5, 0.6) is 0 Å². The number of rotatable bonds is 4. The third kappa shape index (κ3) is 4.03. The standard InChI is InChI=1S/C18H23N5O.2ClH/c1-13-20-8-9-23(13)16-3-2-14(11-21-16)12-22-17(24)15-10-18(15)4-6-19-7-5-18;;/h2-3,8-9,11,15,19H,4-7,10,12H2,1H3,(H,22,24);2*1H. The highest BCUT2D eigenvalue weighted by molar-refractivity contribution is 5.85. The zero-order valence-electron chi connectivity index (χ0n) is 14.8. The summed E-state index contributed by atoms with van der Waals surface area (Å²) in [6.45, 7) is 4.58. The molecule has 1 unspecified atom stereocenters. The molecular formula is C18H25Cl2N5O. The van der Waals surface area contributed by atoms with E-state index in [1.165, 1.54) is 0 Å². The van der Waals surface area contributed by atoms with Crippen LogP contribution in [0.4, 0.5) is 0 Å². The lowest BCUT2D eigenvalue weighted by molar-refractivity contribution is -0.123. The van der Waals surface area contributed by atoms with Gasteiger partial charge in [0.05, 0.1) is 0 Å². The summed E-state index contributed by atoms with van der Waals surface area (Å²) >= 11 is 0. The van der Waals surface area contributed by atoms with Crippen LogP contribution in [0.15, 0.2) is 30.7 Å². The van der Waals surface area contributed by atoms with Crippen LogP contribution in [-0.2, 0) is 11.3 Å². The van der Waals surface area contributed by atoms with Gasteiger partial charge in [-0.2, -0.15) is 0 Å². The van der Waals surface area contributed by atoms with Crippen molar-refractivity contribution in [3.8, 4) is 5.82 Å². The van der Waals surface area contributed by atoms with E-state index in [4.69, 9.17) is 0 Å². The highest BCUT2D eigenvalue weighted by Crippen LogP contribution is 2.58. The van der Waals surface area contributed by atoms with E-state index in [-0.39, 0.29) is 42.1 Å². The number of imidazole rings is 1. The minimum absolute atomic E-state index is 0. The van der Waals surface area contributed by atoms with Crippen molar-refractivity contribution in [2.24, 2.45) is 11.3 Å². The third-order valence-corrected chi connectivity index (χ3v) is 5.45. The Morgan fingerprint density at radius 3 is 2.69 bits per heavy atom. The summed E-state index contributed by atoms with van der Waals surface area (Å²) in [6.07, 6.45) is 8.79. The number of carbonyl (C=O) groups excluding carboxylic acids is 1. The quantitative estimate of drug-likeness (QED) is 0.830. The molecule has 4 rings (SSSR count). The fourth-order valence-electron chi connectivity index (χ4n) is 3.79. The summed E-state index contributed by atoms with van der Waals surface area (Å²) in [7, 11) is 0. The molecule has 0 radical (unpaired) electrons. The van der Waals surface area contributed by atoms with Gasteiger partial charge in [-0.15, -0.1) is 24.8 Å². The van der Waals surface area contributed by atoms with E-state index in [0.29, 0.717) is 6.54 Å². The summed E-state index contributed by atoms with van der Waals surface area (Å²) in [5, 5.41) is 6.45. The average molecular weight is 398 g/mol. The van der Waals surface area contributed by atoms with Crippen molar-refractivity contribution in [2.45, 2.75) is 32.7 Å². The van der Waals surface area contributed by atoms with Gasteiger partial charge in [-0.05, 0) is 56.3 Å². The van der Waals surface area contributed by atoms with E-state index in [2.05, 4.69) is 20.6 Å². The normalized spacial score (nSPS) is 20.0. The van der Waals surface area contributed by atoms with E-state index in [0.717, 1.165) is 49.6 Å². The molecule has 8 heteroatoms. The summed E-state index contributed by atoms with van der Waals surface area (Å²) in [6, 6.07) is 3.97. The van der Waals surface area contributed by atoms with Crippen LogP contribution in [-0.4, -0.2) is 33.5 Å². The van der Waals surface area contributed by atoms with E-state index in [1.807, 2.05) is 36.0 Å². The third-order valence-electron chi connectivity index (χ3n) is 5.45. The van der Waals surface area contributed by atoms with Gasteiger partial charge in [0.25, 0.3) is 0 Å². The second-order valence-electron chi connectivity index (χ2n) is 6.96. The van der Waals surface area contributed by atoms with Crippen molar-refractivity contribution in [3.05, 3.63) is 42.1 Å². The highest BCUT2D eigenvalue weighted by Gasteiger charge is 2.57. The molecule has 2 aromatic rings. The summed E-state index contributed by atoms with van der Waals surface area (Å²) in [5.74, 6) is 2.16. The van der Waals surface area contributed by atoms with Crippen LogP contribution >= 0.6 is 24.8 Å². The molecule has 1 saturated carbocycles. The Kier molecular flexibility index (Phi) is 6.66. The van der Waals surface area contributed by atoms with Crippen molar-refractivity contribution in [3.63, 3.8) is 0 Å². The zero-order valence-corrected chi connectivity index (χ0v) is 16.4. The number of halogens is 2. The predicted octanol–water partition coefficient (Wildman–Crippen LogP) is 2.43. The number of piperidine rings is 1. The largest absolute Gasteiger partial charge is 0.352 e. The van der Waals surface area contributed by atoms with E-state index >= 15 is 0 Å². The Hall–Kier alpha value is -1.63. The Labute approximate surface area is 166 Å². The Balaban J connectivity index is 0.00000121. The van der Waals surface area contributed by atoms with Gasteiger partial charge in [-0.1, -0.05) is 6.07 Å². The molecule has 26 heavy (non-hydrogen) atoms. The van der Waals surface area contributed by atoms with Gasteiger partial charge in [-0.3, -0.25) is 9.36 Å². The molecule has 2 aliphatic rings. The average Bonchev–Trinajstić information content (AvgIpc) is 3.12. The van der Waals surface area contributed by atoms with Crippen LogP contribution < -0.4 is 10.6 Å². The molecule has 0 bridgehead atoms. The lowest BCUT2D eigenvalue weighted by atomic mass is 9.92. The SMILES string of the molecule is Cc1nccn1-c1ccc(CNC(=O)C2CC23CCNCC3)cn1.Cl.Cl. The second kappa shape index (κ2) is 8.37. The Bertz CT molecular complexity index is 740. The first-order chi connectivity index (χ1) is 11.7. The van der Waals surface area contributed by atoms with Gasteiger partial charge >= 0.3 is 0 Å². The number of nitrogens with zero attached hydrogens (tertiary/aromatic N) is 3.